The first-order valence-corrected chi connectivity index (χ1v) is 8.22. The van der Waals surface area contributed by atoms with Gasteiger partial charge in [-0.1, -0.05) is 35.0 Å². The molecular formula is C16H25BrN2. The minimum absolute atomic E-state index is 0.454. The molecule has 0 spiro atoms. The van der Waals surface area contributed by atoms with Crippen LogP contribution in [0.5, 0.6) is 0 Å². The number of rotatable bonds is 6. The highest BCUT2D eigenvalue weighted by molar-refractivity contribution is 9.10. The lowest BCUT2D eigenvalue weighted by atomic mass is 10.0. The van der Waals surface area contributed by atoms with E-state index in [2.05, 4.69) is 64.3 Å². The highest BCUT2D eigenvalue weighted by Crippen LogP contribution is 2.21. The highest BCUT2D eigenvalue weighted by atomic mass is 79.9. The second-order valence-electron chi connectivity index (χ2n) is 5.59. The van der Waals surface area contributed by atoms with Crippen LogP contribution in [0.1, 0.15) is 44.7 Å². The van der Waals surface area contributed by atoms with Crippen LogP contribution in [0.3, 0.4) is 0 Å². The van der Waals surface area contributed by atoms with Crippen molar-refractivity contribution in [3.05, 3.63) is 34.3 Å². The zero-order valence-corrected chi connectivity index (χ0v) is 13.6. The summed E-state index contributed by atoms with van der Waals surface area (Å²) < 4.78 is 1.16. The summed E-state index contributed by atoms with van der Waals surface area (Å²) in [6.45, 7) is 8.28. The molecule has 1 aliphatic heterocycles. The Kier molecular flexibility index (Phi) is 5.86. The second kappa shape index (κ2) is 7.41. The lowest BCUT2D eigenvalue weighted by Gasteiger charge is -2.26. The average Bonchev–Trinajstić information content (AvgIpc) is 2.88. The van der Waals surface area contributed by atoms with E-state index < -0.39 is 0 Å². The Morgan fingerprint density at radius 3 is 2.68 bits per heavy atom. The number of likely N-dealkylation sites (tertiary alicyclic amines) is 1. The fraction of sp³-hybridized carbons (Fsp3) is 0.625. The molecule has 106 valence electrons. The summed E-state index contributed by atoms with van der Waals surface area (Å²) in [6.07, 6.45) is 3.87. The Bertz CT molecular complexity index is 388. The van der Waals surface area contributed by atoms with Gasteiger partial charge in [0.2, 0.25) is 0 Å². The van der Waals surface area contributed by atoms with Crippen LogP contribution in [0, 0.1) is 0 Å². The van der Waals surface area contributed by atoms with Crippen molar-refractivity contribution in [2.45, 2.75) is 45.2 Å². The van der Waals surface area contributed by atoms with Crippen LogP contribution >= 0.6 is 15.9 Å². The molecule has 0 saturated carbocycles. The van der Waals surface area contributed by atoms with Crippen LogP contribution in [-0.2, 0) is 0 Å². The lowest BCUT2D eigenvalue weighted by Crippen LogP contribution is -2.39. The van der Waals surface area contributed by atoms with Gasteiger partial charge in [0.1, 0.15) is 0 Å². The molecule has 1 saturated heterocycles. The molecule has 1 aliphatic rings. The standard InChI is InChI=1S/C16H25BrN2/c1-3-16(14-7-6-8-15(17)11-14)18-13(2)12-19-9-4-5-10-19/h6-8,11,13,16,18H,3-5,9-10,12H2,1-2H3. The van der Waals surface area contributed by atoms with Crippen molar-refractivity contribution in [2.75, 3.05) is 19.6 Å². The maximum absolute atomic E-state index is 3.77. The maximum atomic E-state index is 3.77. The van der Waals surface area contributed by atoms with Gasteiger partial charge in [-0.15, -0.1) is 0 Å². The first-order valence-electron chi connectivity index (χ1n) is 7.43. The van der Waals surface area contributed by atoms with E-state index in [9.17, 15) is 0 Å². The van der Waals surface area contributed by atoms with Gasteiger partial charge in [0.15, 0.2) is 0 Å². The highest BCUT2D eigenvalue weighted by Gasteiger charge is 2.17. The van der Waals surface area contributed by atoms with E-state index in [1.807, 2.05) is 0 Å². The zero-order valence-electron chi connectivity index (χ0n) is 12.0. The van der Waals surface area contributed by atoms with E-state index in [4.69, 9.17) is 0 Å². The van der Waals surface area contributed by atoms with Gasteiger partial charge >= 0.3 is 0 Å². The Morgan fingerprint density at radius 1 is 1.32 bits per heavy atom. The number of hydrogen-bond donors (Lipinski definition) is 1. The Labute approximate surface area is 125 Å². The van der Waals surface area contributed by atoms with Crippen molar-refractivity contribution in [1.82, 2.24) is 10.2 Å². The molecule has 2 rings (SSSR count). The molecular weight excluding hydrogens is 300 g/mol. The molecule has 1 heterocycles. The Balaban J connectivity index is 1.90. The van der Waals surface area contributed by atoms with E-state index in [-0.39, 0.29) is 0 Å². The van der Waals surface area contributed by atoms with Crippen molar-refractivity contribution >= 4 is 15.9 Å². The molecule has 1 aromatic rings. The van der Waals surface area contributed by atoms with Gasteiger partial charge < -0.3 is 10.2 Å². The topological polar surface area (TPSA) is 15.3 Å². The summed E-state index contributed by atoms with van der Waals surface area (Å²) in [4.78, 5) is 2.57. The van der Waals surface area contributed by atoms with Gasteiger partial charge in [0.25, 0.3) is 0 Å². The molecule has 2 unspecified atom stereocenters. The van der Waals surface area contributed by atoms with Crippen LogP contribution in [0.15, 0.2) is 28.7 Å². The number of hydrogen-bond acceptors (Lipinski definition) is 2. The maximum Gasteiger partial charge on any atom is 0.0320 e. The minimum atomic E-state index is 0.454. The van der Waals surface area contributed by atoms with E-state index in [1.54, 1.807) is 0 Å². The molecule has 0 aliphatic carbocycles. The normalized spacial score (nSPS) is 19.5. The third-order valence-electron chi connectivity index (χ3n) is 3.88. The second-order valence-corrected chi connectivity index (χ2v) is 6.51. The molecule has 1 N–H and O–H groups in total. The Hall–Kier alpha value is -0.380. The lowest BCUT2D eigenvalue weighted by molar-refractivity contribution is 0.284. The summed E-state index contributed by atoms with van der Waals surface area (Å²) in [7, 11) is 0. The summed E-state index contributed by atoms with van der Waals surface area (Å²) >= 11 is 3.56. The minimum Gasteiger partial charge on any atom is -0.306 e. The fourth-order valence-electron chi connectivity index (χ4n) is 2.92. The third-order valence-corrected chi connectivity index (χ3v) is 4.37. The van der Waals surface area contributed by atoms with E-state index in [0.717, 1.165) is 10.9 Å². The SMILES string of the molecule is CCC(NC(C)CN1CCCC1)c1cccc(Br)c1. The van der Waals surface area contributed by atoms with Gasteiger partial charge in [-0.2, -0.15) is 0 Å². The number of halogens is 1. The van der Waals surface area contributed by atoms with Crippen molar-refractivity contribution in [2.24, 2.45) is 0 Å². The zero-order chi connectivity index (χ0) is 13.7. The molecule has 0 radical (unpaired) electrons. The molecule has 2 nitrogen and oxygen atoms in total. The first-order chi connectivity index (χ1) is 9.19. The molecule has 19 heavy (non-hydrogen) atoms. The largest absolute Gasteiger partial charge is 0.306 e. The van der Waals surface area contributed by atoms with Gasteiger partial charge in [-0.3, -0.25) is 0 Å². The summed E-state index contributed by atoms with van der Waals surface area (Å²) in [5, 5.41) is 3.77. The predicted octanol–water partition coefficient (Wildman–Crippen LogP) is 3.97. The molecule has 1 fully saturated rings. The number of nitrogens with one attached hydrogen (secondary N) is 1. The third kappa shape index (κ3) is 4.59. The van der Waals surface area contributed by atoms with Crippen LogP contribution in [0.25, 0.3) is 0 Å². The van der Waals surface area contributed by atoms with Gasteiger partial charge in [-0.05, 0) is 57.0 Å². The van der Waals surface area contributed by atoms with E-state index >= 15 is 0 Å². The monoisotopic (exact) mass is 324 g/mol. The van der Waals surface area contributed by atoms with E-state index in [0.29, 0.717) is 12.1 Å². The fourth-order valence-corrected chi connectivity index (χ4v) is 3.34. The van der Waals surface area contributed by atoms with Gasteiger partial charge in [-0.25, -0.2) is 0 Å². The molecule has 0 bridgehead atoms. The van der Waals surface area contributed by atoms with Crippen molar-refractivity contribution in [3.8, 4) is 0 Å². The van der Waals surface area contributed by atoms with E-state index in [1.165, 1.54) is 38.0 Å². The summed E-state index contributed by atoms with van der Waals surface area (Å²) in [5.41, 5.74) is 1.38. The van der Waals surface area contributed by atoms with Gasteiger partial charge in [0.05, 0.1) is 0 Å². The first kappa shape index (κ1) is 15.0. The molecule has 1 aromatic carbocycles. The molecule has 2 atom stereocenters. The predicted molar refractivity (Wildman–Crippen MR) is 85.4 cm³/mol. The Morgan fingerprint density at radius 2 is 2.05 bits per heavy atom. The van der Waals surface area contributed by atoms with Crippen LogP contribution < -0.4 is 5.32 Å². The van der Waals surface area contributed by atoms with Crippen molar-refractivity contribution in [1.29, 1.82) is 0 Å². The number of benzene rings is 1. The molecule has 0 aromatic heterocycles. The smallest absolute Gasteiger partial charge is 0.0320 e. The van der Waals surface area contributed by atoms with Crippen molar-refractivity contribution in [3.63, 3.8) is 0 Å². The van der Waals surface area contributed by atoms with Crippen molar-refractivity contribution < 1.29 is 0 Å². The molecule has 0 amide bonds. The van der Waals surface area contributed by atoms with Crippen LogP contribution in [0.4, 0.5) is 0 Å². The van der Waals surface area contributed by atoms with Gasteiger partial charge in [0, 0.05) is 23.1 Å². The summed E-state index contributed by atoms with van der Waals surface area (Å²) in [6, 6.07) is 9.65. The van der Waals surface area contributed by atoms with Crippen LogP contribution in [-0.4, -0.2) is 30.6 Å². The number of nitrogens with zero attached hydrogens (tertiary/aromatic N) is 1. The average molecular weight is 325 g/mol. The molecule has 3 heteroatoms. The summed E-state index contributed by atoms with van der Waals surface area (Å²) in [5.74, 6) is 0. The quantitative estimate of drug-likeness (QED) is 0.851. The van der Waals surface area contributed by atoms with Crippen LogP contribution in [0.2, 0.25) is 0 Å².